The Morgan fingerprint density at radius 3 is 1.91 bits per heavy atom. The summed E-state index contributed by atoms with van der Waals surface area (Å²) < 4.78 is 4.94. The first-order valence-electron chi connectivity index (χ1n) is 3.31. The van der Waals surface area contributed by atoms with E-state index in [1.165, 1.54) is 0 Å². The Bertz CT molecular complexity index is 129. The van der Waals surface area contributed by atoms with Gasteiger partial charge in [-0.2, -0.15) is 0 Å². The summed E-state index contributed by atoms with van der Waals surface area (Å²) in [6, 6.07) is -0.528. The van der Waals surface area contributed by atoms with Gasteiger partial charge in [0.15, 0.2) is 0 Å². The number of esters is 1. The molecule has 0 aliphatic carbocycles. The molecule has 0 bridgehead atoms. The van der Waals surface area contributed by atoms with Gasteiger partial charge in [0.2, 0.25) is 0 Å². The normalized spacial score (nSPS) is 13.2. The Balaban J connectivity index is 0. The van der Waals surface area contributed by atoms with Crippen LogP contribution in [0.25, 0.3) is 0 Å². The maximum Gasteiger partial charge on any atom is 0.323 e. The summed E-state index contributed by atoms with van der Waals surface area (Å²) in [5.41, 5.74) is 4.84. The van der Waals surface area contributed by atoms with E-state index < -0.39 is 11.6 Å². The van der Waals surface area contributed by atoms with Crippen molar-refractivity contribution in [2.45, 2.75) is 39.3 Å². The molecule has 0 aromatic rings. The molecule has 0 aromatic carbocycles. The zero-order chi connectivity index (χ0) is 8.36. The molecule has 11 heavy (non-hydrogen) atoms. The molecule has 4 heteroatoms. The number of ether oxygens (including phenoxy) is 1. The third-order valence-electron chi connectivity index (χ3n) is 0.779. The van der Waals surface area contributed by atoms with Crippen LogP contribution in [0.15, 0.2) is 0 Å². The van der Waals surface area contributed by atoms with Gasteiger partial charge < -0.3 is 10.5 Å². The van der Waals surface area contributed by atoms with Gasteiger partial charge in [-0.3, -0.25) is 4.79 Å². The smallest absolute Gasteiger partial charge is 0.323 e. The lowest BCUT2D eigenvalue weighted by atomic mass is 10.2. The van der Waals surface area contributed by atoms with Gasteiger partial charge in [-0.15, -0.1) is 12.4 Å². The van der Waals surface area contributed by atoms with Crippen LogP contribution < -0.4 is 5.73 Å². The Hall–Kier alpha value is -0.280. The number of nitrogens with two attached hydrogens (primary N) is 1. The lowest BCUT2D eigenvalue weighted by molar-refractivity contribution is -0.155. The van der Waals surface area contributed by atoms with Gasteiger partial charge >= 0.3 is 5.97 Å². The number of hydrogen-bond acceptors (Lipinski definition) is 3. The van der Waals surface area contributed by atoms with Gasteiger partial charge in [0.25, 0.3) is 0 Å². The van der Waals surface area contributed by atoms with Crippen LogP contribution in [0.3, 0.4) is 0 Å². The predicted octanol–water partition coefficient (Wildman–Crippen LogP) is 1.10. The molecule has 0 amide bonds. The lowest BCUT2D eigenvalue weighted by Crippen LogP contribution is -2.35. The fourth-order valence-electron chi connectivity index (χ4n) is 0.395. The minimum absolute atomic E-state index is 0. The van der Waals surface area contributed by atoms with Crippen LogP contribution in [0, 0.1) is 0 Å². The van der Waals surface area contributed by atoms with E-state index in [1.54, 1.807) is 6.92 Å². The molecule has 68 valence electrons. The Morgan fingerprint density at radius 2 is 1.82 bits per heavy atom. The van der Waals surface area contributed by atoms with Crippen molar-refractivity contribution in [3.8, 4) is 0 Å². The quantitative estimate of drug-likeness (QED) is 0.617. The van der Waals surface area contributed by atoms with Crippen LogP contribution in [0.2, 0.25) is 0 Å². The molecular formula is C7H16ClNO2. The second-order valence-electron chi connectivity index (χ2n) is 3.32. The average molecular weight is 182 g/mol. The molecule has 0 aliphatic heterocycles. The van der Waals surface area contributed by atoms with E-state index in [0.29, 0.717) is 0 Å². The molecule has 0 unspecified atom stereocenters. The zero-order valence-corrected chi connectivity index (χ0v) is 8.20. The van der Waals surface area contributed by atoms with E-state index >= 15 is 0 Å². The second-order valence-corrected chi connectivity index (χ2v) is 3.32. The number of hydrogen-bond donors (Lipinski definition) is 1. The summed E-state index contributed by atoms with van der Waals surface area (Å²) in [6.45, 7) is 7.04. The molecule has 0 saturated carbocycles. The summed E-state index contributed by atoms with van der Waals surface area (Å²) in [6.07, 6.45) is 0. The van der Waals surface area contributed by atoms with Crippen molar-refractivity contribution in [1.82, 2.24) is 0 Å². The van der Waals surface area contributed by atoms with Crippen molar-refractivity contribution >= 4 is 18.4 Å². The van der Waals surface area contributed by atoms with Gasteiger partial charge in [0.05, 0.1) is 0 Å². The Labute approximate surface area is 73.7 Å². The first-order valence-corrected chi connectivity index (χ1v) is 3.31. The van der Waals surface area contributed by atoms with Crippen molar-refractivity contribution in [2.75, 3.05) is 0 Å². The highest BCUT2D eigenvalue weighted by molar-refractivity contribution is 5.85. The molecule has 3 nitrogen and oxygen atoms in total. The molecule has 0 fully saturated rings. The molecule has 0 rings (SSSR count). The number of rotatable bonds is 1. The topological polar surface area (TPSA) is 52.3 Å². The fraction of sp³-hybridized carbons (Fsp3) is 0.857. The highest BCUT2D eigenvalue weighted by Crippen LogP contribution is 2.07. The van der Waals surface area contributed by atoms with Gasteiger partial charge in [0, 0.05) is 0 Å². The van der Waals surface area contributed by atoms with E-state index in [0.717, 1.165) is 0 Å². The van der Waals surface area contributed by atoms with Crippen molar-refractivity contribution in [2.24, 2.45) is 5.73 Å². The van der Waals surface area contributed by atoms with Crippen molar-refractivity contribution in [1.29, 1.82) is 0 Å². The van der Waals surface area contributed by atoms with Crippen molar-refractivity contribution in [3.63, 3.8) is 0 Å². The van der Waals surface area contributed by atoms with Gasteiger partial charge in [-0.1, -0.05) is 0 Å². The van der Waals surface area contributed by atoms with Crippen LogP contribution in [-0.2, 0) is 9.53 Å². The monoisotopic (exact) mass is 181 g/mol. The van der Waals surface area contributed by atoms with Crippen LogP contribution in [-0.4, -0.2) is 17.6 Å². The van der Waals surface area contributed by atoms with E-state index in [-0.39, 0.29) is 18.4 Å². The van der Waals surface area contributed by atoms with Crippen LogP contribution >= 0.6 is 12.4 Å². The summed E-state index contributed by atoms with van der Waals surface area (Å²) in [4.78, 5) is 10.8. The summed E-state index contributed by atoms with van der Waals surface area (Å²) in [5, 5.41) is 0. The average Bonchev–Trinajstić information content (AvgIpc) is 1.60. The maximum atomic E-state index is 10.8. The molecule has 0 aliphatic rings. The van der Waals surface area contributed by atoms with E-state index in [4.69, 9.17) is 10.5 Å². The largest absolute Gasteiger partial charge is 0.459 e. The van der Waals surface area contributed by atoms with Crippen LogP contribution in [0.1, 0.15) is 27.7 Å². The SMILES string of the molecule is C[C@H](N)C(=O)OC(C)(C)C.Cl. The predicted molar refractivity (Wildman–Crippen MR) is 46.7 cm³/mol. The van der Waals surface area contributed by atoms with Crippen molar-refractivity contribution in [3.05, 3.63) is 0 Å². The number of carbonyl (C=O) groups excluding carboxylic acids is 1. The van der Waals surface area contributed by atoms with Gasteiger partial charge in [-0.05, 0) is 27.7 Å². The Kier molecular flexibility index (Phi) is 5.53. The molecular weight excluding hydrogens is 166 g/mol. The molecule has 0 spiro atoms. The maximum absolute atomic E-state index is 10.8. The minimum Gasteiger partial charge on any atom is -0.459 e. The summed E-state index contributed by atoms with van der Waals surface area (Å²) in [7, 11) is 0. The van der Waals surface area contributed by atoms with Gasteiger partial charge in [-0.25, -0.2) is 0 Å². The molecule has 0 heterocycles. The molecule has 1 atom stereocenters. The molecule has 0 aromatic heterocycles. The van der Waals surface area contributed by atoms with E-state index in [1.807, 2.05) is 20.8 Å². The number of halogens is 1. The fourth-order valence-corrected chi connectivity index (χ4v) is 0.395. The Morgan fingerprint density at radius 1 is 1.45 bits per heavy atom. The summed E-state index contributed by atoms with van der Waals surface area (Å²) in [5.74, 6) is -0.354. The standard InChI is InChI=1S/C7H15NO2.ClH/c1-5(8)6(9)10-7(2,3)4;/h5H,8H2,1-4H3;1H/t5-;/m0./s1. The first kappa shape index (κ1) is 13.3. The number of carbonyl (C=O) groups is 1. The van der Waals surface area contributed by atoms with Crippen molar-refractivity contribution < 1.29 is 9.53 Å². The first-order chi connectivity index (χ1) is 4.33. The molecule has 0 radical (unpaired) electrons. The third-order valence-corrected chi connectivity index (χ3v) is 0.779. The van der Waals surface area contributed by atoms with E-state index in [9.17, 15) is 4.79 Å². The van der Waals surface area contributed by atoms with Gasteiger partial charge in [0.1, 0.15) is 11.6 Å². The third kappa shape index (κ3) is 7.62. The lowest BCUT2D eigenvalue weighted by Gasteiger charge is -2.20. The van der Waals surface area contributed by atoms with Crippen LogP contribution in [0.4, 0.5) is 0 Å². The highest BCUT2D eigenvalue weighted by atomic mass is 35.5. The van der Waals surface area contributed by atoms with E-state index in [2.05, 4.69) is 0 Å². The molecule has 0 saturated heterocycles. The second kappa shape index (κ2) is 4.57. The van der Waals surface area contributed by atoms with Crippen LogP contribution in [0.5, 0.6) is 0 Å². The minimum atomic E-state index is -0.528. The summed E-state index contributed by atoms with van der Waals surface area (Å²) >= 11 is 0. The molecule has 2 N–H and O–H groups in total. The highest BCUT2D eigenvalue weighted by Gasteiger charge is 2.18. The zero-order valence-electron chi connectivity index (χ0n) is 7.38.